The molecule has 3 rings (SSSR count). The number of aliphatic imine (C=N–C) groups is 1. The average molecular weight is 446 g/mol. The van der Waals surface area contributed by atoms with Gasteiger partial charge in [0, 0.05) is 47.3 Å². The fourth-order valence-corrected chi connectivity index (χ4v) is 4.72. The van der Waals surface area contributed by atoms with E-state index in [1.165, 1.54) is 6.92 Å². The van der Waals surface area contributed by atoms with Gasteiger partial charge in [-0.3, -0.25) is 14.3 Å². The van der Waals surface area contributed by atoms with Gasteiger partial charge in [-0.1, -0.05) is 31.9 Å². The van der Waals surface area contributed by atoms with Crippen molar-refractivity contribution in [1.82, 2.24) is 20.4 Å². The first-order valence-corrected chi connectivity index (χ1v) is 11.2. The van der Waals surface area contributed by atoms with Gasteiger partial charge in [0.15, 0.2) is 0 Å². The molecule has 2 atom stereocenters. The van der Waals surface area contributed by atoms with Crippen LogP contribution >= 0.6 is 11.6 Å². The Kier molecular flexibility index (Phi) is 7.04. The largest absolute Gasteiger partial charge is 0.354 e. The maximum atomic E-state index is 12.9. The van der Waals surface area contributed by atoms with Gasteiger partial charge in [-0.2, -0.15) is 5.10 Å². The lowest BCUT2D eigenvalue weighted by molar-refractivity contribution is -0.126. The molecule has 2 N–H and O–H groups in total. The highest BCUT2D eigenvalue weighted by atomic mass is 35.5. The molecular formula is C23H32ClN5O2. The van der Waals surface area contributed by atoms with Crippen LogP contribution in [-0.2, 0) is 22.6 Å². The molecule has 2 heterocycles. The molecule has 0 unspecified atom stereocenters. The highest BCUT2D eigenvalue weighted by Crippen LogP contribution is 2.37. The number of nitrogens with one attached hydrogen (secondary N) is 2. The second kappa shape index (κ2) is 9.39. The molecule has 0 bridgehead atoms. The molecule has 31 heavy (non-hydrogen) atoms. The summed E-state index contributed by atoms with van der Waals surface area (Å²) in [6.07, 6.45) is 7.70. The molecule has 2 aliphatic rings. The summed E-state index contributed by atoms with van der Waals surface area (Å²) in [6.45, 7) is 12.2. The van der Waals surface area contributed by atoms with E-state index in [1.807, 2.05) is 17.8 Å². The van der Waals surface area contributed by atoms with Gasteiger partial charge in [0.1, 0.15) is 5.82 Å². The normalized spacial score (nSPS) is 23.6. The van der Waals surface area contributed by atoms with Crippen molar-refractivity contribution in [2.24, 2.45) is 16.3 Å². The number of carbonyl (C=O) groups is 2. The van der Waals surface area contributed by atoms with E-state index >= 15 is 0 Å². The third-order valence-electron chi connectivity index (χ3n) is 5.99. The van der Waals surface area contributed by atoms with Crippen LogP contribution in [0, 0.1) is 11.3 Å². The van der Waals surface area contributed by atoms with Gasteiger partial charge in [0.05, 0.1) is 6.20 Å². The molecule has 7 nitrogen and oxygen atoms in total. The fraction of sp³-hybridized carbons (Fsp3) is 0.565. The zero-order valence-corrected chi connectivity index (χ0v) is 19.6. The molecule has 1 aliphatic carbocycles. The molecule has 0 aromatic carbocycles. The van der Waals surface area contributed by atoms with Crippen molar-refractivity contribution in [3.8, 4) is 0 Å². The van der Waals surface area contributed by atoms with Gasteiger partial charge in [-0.05, 0) is 50.8 Å². The van der Waals surface area contributed by atoms with Crippen molar-refractivity contribution in [3.63, 3.8) is 0 Å². The molecule has 1 aliphatic heterocycles. The van der Waals surface area contributed by atoms with E-state index in [0.29, 0.717) is 17.3 Å². The van der Waals surface area contributed by atoms with Crippen LogP contribution in [0.3, 0.4) is 0 Å². The Morgan fingerprint density at radius 1 is 1.35 bits per heavy atom. The van der Waals surface area contributed by atoms with Crippen molar-refractivity contribution < 1.29 is 9.59 Å². The first kappa shape index (κ1) is 23.3. The van der Waals surface area contributed by atoms with Gasteiger partial charge >= 0.3 is 0 Å². The minimum Gasteiger partial charge on any atom is -0.354 e. The Bertz CT molecular complexity index is 940. The lowest BCUT2D eigenvalue weighted by Gasteiger charge is -2.28. The summed E-state index contributed by atoms with van der Waals surface area (Å²) in [5, 5.41) is 10.9. The van der Waals surface area contributed by atoms with Crippen LogP contribution in [0.5, 0.6) is 0 Å². The molecule has 2 amide bonds. The van der Waals surface area contributed by atoms with Crippen LogP contribution in [0.2, 0.25) is 0 Å². The first-order valence-electron chi connectivity index (χ1n) is 10.8. The first-order chi connectivity index (χ1) is 14.6. The second-order valence-electron chi connectivity index (χ2n) is 9.39. The van der Waals surface area contributed by atoms with Crippen molar-refractivity contribution in [2.45, 2.75) is 72.4 Å². The predicted octanol–water partition coefficient (Wildman–Crippen LogP) is 3.79. The quantitative estimate of drug-likeness (QED) is 0.515. The highest BCUT2D eigenvalue weighted by molar-refractivity contribution is 6.32. The average Bonchev–Trinajstić information content (AvgIpc) is 3.19. The van der Waals surface area contributed by atoms with Crippen molar-refractivity contribution in [1.29, 1.82) is 0 Å². The van der Waals surface area contributed by atoms with E-state index in [1.54, 1.807) is 6.08 Å². The Morgan fingerprint density at radius 2 is 2.10 bits per heavy atom. The van der Waals surface area contributed by atoms with Crippen molar-refractivity contribution >= 4 is 35.7 Å². The van der Waals surface area contributed by atoms with Crippen LogP contribution < -0.4 is 10.6 Å². The number of nitrogens with zero attached hydrogens (tertiary/aromatic N) is 3. The second-order valence-corrected chi connectivity index (χ2v) is 9.96. The summed E-state index contributed by atoms with van der Waals surface area (Å²) in [5.41, 5.74) is 3.02. The number of allylic oxidation sites excluding steroid dienone is 3. The Labute approximate surface area is 189 Å². The number of amides is 2. The van der Waals surface area contributed by atoms with E-state index in [0.717, 1.165) is 49.1 Å². The number of fused-ring (bicyclic) bond motifs is 1. The predicted molar refractivity (Wildman–Crippen MR) is 123 cm³/mol. The van der Waals surface area contributed by atoms with Crippen LogP contribution in [-0.4, -0.2) is 34.4 Å². The summed E-state index contributed by atoms with van der Waals surface area (Å²) < 4.78 is 2.02. The highest BCUT2D eigenvalue weighted by Gasteiger charge is 2.32. The standard InChI is InChI=1S/C23H32ClN5O2/c1-14(24)18(19-12-26-29-13-23(3,4)11-20(19)29)10-21(25-5)28-22(31)16-7-6-8-17(9-16)27-15(2)30/h10,12,16-17H,5-9,11,13H2,1-4H3,(H,27,30)(H,28,31)/b18-14-,21-10+/t16-,17+/m0/s1. The van der Waals surface area contributed by atoms with Crippen LogP contribution in [0.1, 0.15) is 64.6 Å². The van der Waals surface area contributed by atoms with E-state index < -0.39 is 0 Å². The van der Waals surface area contributed by atoms with Gasteiger partial charge in [0.2, 0.25) is 11.8 Å². The number of carbonyl (C=O) groups excluding carboxylic acids is 2. The molecule has 8 heteroatoms. The Balaban J connectivity index is 1.77. The van der Waals surface area contributed by atoms with Crippen LogP contribution in [0.4, 0.5) is 0 Å². The fourth-order valence-electron chi connectivity index (χ4n) is 4.57. The van der Waals surface area contributed by atoms with E-state index in [9.17, 15) is 9.59 Å². The summed E-state index contributed by atoms with van der Waals surface area (Å²) in [5.74, 6) is 0.00521. The molecule has 1 aromatic heterocycles. The molecule has 1 aromatic rings. The maximum Gasteiger partial charge on any atom is 0.228 e. The molecular weight excluding hydrogens is 414 g/mol. The molecule has 168 valence electrons. The van der Waals surface area contributed by atoms with Crippen molar-refractivity contribution in [3.05, 3.63) is 34.4 Å². The summed E-state index contributed by atoms with van der Waals surface area (Å²) in [7, 11) is 0. The lowest BCUT2D eigenvalue weighted by atomic mass is 9.85. The number of hydrogen-bond donors (Lipinski definition) is 2. The van der Waals surface area contributed by atoms with E-state index in [-0.39, 0.29) is 29.2 Å². The smallest absolute Gasteiger partial charge is 0.228 e. The molecule has 0 saturated heterocycles. The zero-order chi connectivity index (χ0) is 22.8. The van der Waals surface area contributed by atoms with Crippen LogP contribution in [0.15, 0.2) is 28.1 Å². The van der Waals surface area contributed by atoms with Gasteiger partial charge < -0.3 is 10.6 Å². The molecule has 0 radical (unpaired) electrons. The lowest BCUT2D eigenvalue weighted by Crippen LogP contribution is -2.41. The minimum absolute atomic E-state index is 0.0324. The third-order valence-corrected chi connectivity index (χ3v) is 6.19. The maximum absolute atomic E-state index is 12.9. The topological polar surface area (TPSA) is 88.4 Å². The monoisotopic (exact) mass is 445 g/mol. The SMILES string of the molecule is C=N/C(=C\C(=C(/C)Cl)c1cnn2c1CC(C)(C)C2)NC(=O)[C@H]1CCC[C@@H](NC(C)=O)C1. The van der Waals surface area contributed by atoms with E-state index in [2.05, 4.69) is 41.3 Å². The summed E-state index contributed by atoms with van der Waals surface area (Å²) in [4.78, 5) is 28.3. The Morgan fingerprint density at radius 3 is 2.74 bits per heavy atom. The molecule has 1 fully saturated rings. The number of rotatable bonds is 6. The van der Waals surface area contributed by atoms with Gasteiger partial charge in [-0.15, -0.1) is 0 Å². The number of hydrogen-bond acceptors (Lipinski definition) is 4. The third kappa shape index (κ3) is 5.64. The summed E-state index contributed by atoms with van der Waals surface area (Å²) in [6, 6.07) is 0.0324. The van der Waals surface area contributed by atoms with E-state index in [4.69, 9.17) is 11.6 Å². The number of aromatic nitrogens is 2. The number of halogens is 1. The molecule has 0 spiro atoms. The van der Waals surface area contributed by atoms with Gasteiger partial charge in [0.25, 0.3) is 0 Å². The summed E-state index contributed by atoms with van der Waals surface area (Å²) >= 11 is 6.44. The minimum atomic E-state index is -0.179. The molecule has 1 saturated carbocycles. The van der Waals surface area contributed by atoms with Crippen molar-refractivity contribution in [2.75, 3.05) is 0 Å². The van der Waals surface area contributed by atoms with Crippen LogP contribution in [0.25, 0.3) is 5.57 Å². The van der Waals surface area contributed by atoms with Gasteiger partial charge in [-0.25, -0.2) is 4.99 Å². The Hall–Kier alpha value is -2.41. The zero-order valence-electron chi connectivity index (χ0n) is 18.8.